The molecule has 0 spiro atoms. The van der Waals surface area contributed by atoms with Crippen LogP contribution >= 0.6 is 11.6 Å². The second kappa shape index (κ2) is 14.6. The topological polar surface area (TPSA) is 169 Å². The summed E-state index contributed by atoms with van der Waals surface area (Å²) in [6.07, 6.45) is -13.4. The fourth-order valence-electron chi connectivity index (χ4n) is 3.29. The van der Waals surface area contributed by atoms with Gasteiger partial charge >= 0.3 is 36.4 Å². The molecule has 1 aliphatic heterocycles. The van der Waals surface area contributed by atoms with E-state index in [9.17, 15) is 52.7 Å². The van der Waals surface area contributed by atoms with Crippen LogP contribution in [0.25, 0.3) is 11.0 Å². The number of carbonyl (C=O) groups is 3. The van der Waals surface area contributed by atoms with Crippen LogP contribution in [0.2, 0.25) is 5.15 Å². The van der Waals surface area contributed by atoms with Crippen molar-refractivity contribution in [3.05, 3.63) is 58.4 Å². The first-order valence-electron chi connectivity index (χ1n) is 11.1. The van der Waals surface area contributed by atoms with Gasteiger partial charge in [-0.05, 0) is 17.7 Å². The van der Waals surface area contributed by atoms with Crippen LogP contribution in [0.1, 0.15) is 17.3 Å². The van der Waals surface area contributed by atoms with Gasteiger partial charge in [-0.15, -0.1) is 0 Å². The van der Waals surface area contributed by atoms with Crippen molar-refractivity contribution < 1.29 is 82.4 Å². The van der Waals surface area contributed by atoms with Crippen molar-refractivity contribution in [2.75, 3.05) is 0 Å². The Kier molecular flexibility index (Phi) is 12.6. The van der Waals surface area contributed by atoms with Crippen molar-refractivity contribution in [3.63, 3.8) is 0 Å². The van der Waals surface area contributed by atoms with E-state index < -0.39 is 65.8 Å². The number of nitrogens with zero attached hydrogens (tertiary/aromatic N) is 3. The Labute approximate surface area is 245 Å². The zero-order valence-electron chi connectivity index (χ0n) is 21.3. The van der Waals surface area contributed by atoms with Crippen LogP contribution in [0.4, 0.5) is 52.7 Å². The Balaban J connectivity index is 0.000000396. The number of benzene rings is 1. The molecule has 0 aliphatic carbocycles. The number of imidazole rings is 1. The number of nitrogens with two attached hydrogens (primary N) is 1. The SMILES string of the molecule is N[C@H]1Cn2c(nc3ccnc(Cl)c32)C[C@@H]1c1cc(F)c(F)cc1F.O=C(O)C(F)(F)F.O=C(O)C(F)(F)F.O=C(O)C(F)(F)F. The van der Waals surface area contributed by atoms with Gasteiger partial charge in [0, 0.05) is 37.2 Å². The largest absolute Gasteiger partial charge is 0.490 e. The van der Waals surface area contributed by atoms with Crippen molar-refractivity contribution in [2.24, 2.45) is 5.73 Å². The maximum absolute atomic E-state index is 14.1. The highest BCUT2D eigenvalue weighted by Gasteiger charge is 2.39. The van der Waals surface area contributed by atoms with E-state index in [1.165, 1.54) is 0 Å². The lowest BCUT2D eigenvalue weighted by Crippen LogP contribution is -2.39. The second-order valence-corrected chi connectivity index (χ2v) is 8.64. The highest BCUT2D eigenvalue weighted by atomic mass is 35.5. The number of halogens is 13. The number of carboxylic acid groups (broad SMARTS) is 3. The molecule has 2 atom stereocenters. The van der Waals surface area contributed by atoms with Gasteiger partial charge in [-0.2, -0.15) is 39.5 Å². The monoisotopic (exact) mass is 694 g/mol. The number of carboxylic acids is 3. The van der Waals surface area contributed by atoms with Crippen LogP contribution in [-0.2, 0) is 27.3 Å². The van der Waals surface area contributed by atoms with Gasteiger partial charge in [-0.25, -0.2) is 37.5 Å². The number of aromatic nitrogens is 3. The molecule has 0 bridgehead atoms. The van der Waals surface area contributed by atoms with E-state index in [0.29, 0.717) is 41.0 Å². The molecule has 0 radical (unpaired) electrons. The Hall–Kier alpha value is -4.34. The van der Waals surface area contributed by atoms with Gasteiger partial charge in [0.15, 0.2) is 16.8 Å². The summed E-state index contributed by atoms with van der Waals surface area (Å²) in [5.74, 6) is -11.2. The van der Waals surface area contributed by atoms with Crippen LogP contribution in [0.5, 0.6) is 0 Å². The number of hydrogen-bond donors (Lipinski definition) is 4. The first kappa shape index (κ1) is 38.7. The maximum Gasteiger partial charge on any atom is 0.490 e. The fourth-order valence-corrected chi connectivity index (χ4v) is 3.54. The van der Waals surface area contributed by atoms with Gasteiger partial charge in [0.05, 0.1) is 5.52 Å². The zero-order chi connectivity index (χ0) is 35.2. The summed E-state index contributed by atoms with van der Waals surface area (Å²) < 4.78 is 138. The third kappa shape index (κ3) is 11.0. The number of hydrogen-bond acceptors (Lipinski definition) is 6. The van der Waals surface area contributed by atoms with Crippen molar-refractivity contribution in [1.82, 2.24) is 14.5 Å². The minimum absolute atomic E-state index is 0.0592. The second-order valence-electron chi connectivity index (χ2n) is 8.28. The van der Waals surface area contributed by atoms with E-state index in [2.05, 4.69) is 9.97 Å². The molecule has 2 aromatic heterocycles. The normalized spacial score (nSPS) is 16.1. The summed E-state index contributed by atoms with van der Waals surface area (Å²) >= 11 is 6.14. The lowest BCUT2D eigenvalue weighted by Gasteiger charge is -2.30. The summed E-state index contributed by atoms with van der Waals surface area (Å²) in [4.78, 5) is 35.2. The smallest absolute Gasteiger partial charge is 0.475 e. The first-order chi connectivity index (χ1) is 20.3. The number of alkyl halides is 9. The molecule has 45 heavy (non-hydrogen) atoms. The molecular formula is C22H15ClF12N4O6. The molecule has 4 rings (SSSR count). The van der Waals surface area contributed by atoms with E-state index in [4.69, 9.17) is 47.0 Å². The predicted octanol–water partition coefficient (Wildman–Crippen LogP) is 5.07. The van der Waals surface area contributed by atoms with Gasteiger partial charge in [0.25, 0.3) is 0 Å². The van der Waals surface area contributed by atoms with Gasteiger partial charge in [0.2, 0.25) is 0 Å². The molecule has 3 heterocycles. The number of fused-ring (bicyclic) bond motifs is 3. The number of aliphatic carboxylic acids is 3. The van der Waals surface area contributed by atoms with Crippen LogP contribution < -0.4 is 5.73 Å². The molecule has 5 N–H and O–H groups in total. The highest BCUT2D eigenvalue weighted by molar-refractivity contribution is 6.33. The molecule has 0 saturated carbocycles. The molecule has 3 aromatic rings. The first-order valence-corrected chi connectivity index (χ1v) is 11.5. The van der Waals surface area contributed by atoms with E-state index in [-0.39, 0.29) is 5.56 Å². The van der Waals surface area contributed by atoms with Crippen LogP contribution in [0, 0.1) is 17.5 Å². The van der Waals surface area contributed by atoms with Gasteiger partial charge in [0.1, 0.15) is 17.2 Å². The summed E-state index contributed by atoms with van der Waals surface area (Å²) in [5, 5.41) is 21.7. The minimum atomic E-state index is -5.08. The van der Waals surface area contributed by atoms with Crippen LogP contribution in [0.15, 0.2) is 24.4 Å². The molecule has 0 unspecified atom stereocenters. The van der Waals surface area contributed by atoms with Crippen molar-refractivity contribution in [1.29, 1.82) is 0 Å². The zero-order valence-corrected chi connectivity index (χ0v) is 22.0. The molecule has 23 heteroatoms. The molecular weight excluding hydrogens is 680 g/mol. The van der Waals surface area contributed by atoms with Crippen LogP contribution in [-0.4, -0.2) is 72.3 Å². The van der Waals surface area contributed by atoms with E-state index in [0.717, 1.165) is 6.07 Å². The lowest BCUT2D eigenvalue weighted by atomic mass is 9.86. The Morgan fingerprint density at radius 3 is 1.67 bits per heavy atom. The van der Waals surface area contributed by atoms with Gasteiger partial charge in [-0.3, -0.25) is 0 Å². The summed E-state index contributed by atoms with van der Waals surface area (Å²) in [6.45, 7) is 0.334. The average molecular weight is 695 g/mol. The standard InChI is InChI=1S/C16H12ClF3N4.3C2HF3O2/c17-16-15-13(1-2-22-16)23-14-4-8(12(21)6-24(14)15)7-3-10(19)11(20)5-9(7)18;3*3-2(4,5)1(6)7/h1-3,5,8,12H,4,6,21H2;3*(H,6,7)/t8-,12+;;;/m1.../s1. The Morgan fingerprint density at radius 1 is 0.822 bits per heavy atom. The molecule has 0 amide bonds. The van der Waals surface area contributed by atoms with E-state index in [1.807, 2.05) is 4.57 Å². The van der Waals surface area contributed by atoms with E-state index in [1.54, 1.807) is 12.3 Å². The number of rotatable bonds is 1. The van der Waals surface area contributed by atoms with Crippen molar-refractivity contribution >= 4 is 40.5 Å². The summed E-state index contributed by atoms with van der Waals surface area (Å²) in [5.41, 5.74) is 7.59. The minimum Gasteiger partial charge on any atom is -0.475 e. The maximum atomic E-state index is 14.1. The average Bonchev–Trinajstić information content (AvgIpc) is 3.23. The van der Waals surface area contributed by atoms with Crippen LogP contribution in [0.3, 0.4) is 0 Å². The molecule has 0 saturated heterocycles. The molecule has 250 valence electrons. The summed E-state index contributed by atoms with van der Waals surface area (Å²) in [7, 11) is 0. The summed E-state index contributed by atoms with van der Waals surface area (Å²) in [6, 6.07) is 2.66. The quantitative estimate of drug-likeness (QED) is 0.154. The van der Waals surface area contributed by atoms with Crippen molar-refractivity contribution in [2.45, 2.75) is 43.5 Å². The van der Waals surface area contributed by atoms with Gasteiger partial charge in [-0.1, -0.05) is 11.6 Å². The van der Waals surface area contributed by atoms with Gasteiger partial charge < -0.3 is 25.6 Å². The molecule has 0 fully saturated rings. The number of pyridine rings is 1. The predicted molar refractivity (Wildman–Crippen MR) is 124 cm³/mol. The molecule has 1 aromatic carbocycles. The lowest BCUT2D eigenvalue weighted by molar-refractivity contribution is -0.193. The third-order valence-corrected chi connectivity index (χ3v) is 5.45. The fraction of sp³-hybridized carbons (Fsp3) is 0.318. The molecule has 10 nitrogen and oxygen atoms in total. The Bertz CT molecular complexity index is 1480. The molecule has 1 aliphatic rings. The highest BCUT2D eigenvalue weighted by Crippen LogP contribution is 2.34. The third-order valence-electron chi connectivity index (χ3n) is 5.17. The Morgan fingerprint density at radius 2 is 1.24 bits per heavy atom. The van der Waals surface area contributed by atoms with E-state index >= 15 is 0 Å². The van der Waals surface area contributed by atoms with Crippen molar-refractivity contribution in [3.8, 4) is 0 Å².